The zero-order valence-electron chi connectivity index (χ0n) is 9.69. The van der Waals surface area contributed by atoms with Gasteiger partial charge in [-0.15, -0.1) is 0 Å². The first-order valence-corrected chi connectivity index (χ1v) is 6.98. The summed E-state index contributed by atoms with van der Waals surface area (Å²) in [6, 6.07) is 6.93. The molecule has 2 amide bonds. The molecule has 1 heterocycles. The third kappa shape index (κ3) is 3.65. The van der Waals surface area contributed by atoms with E-state index in [0.717, 1.165) is 12.3 Å². The van der Waals surface area contributed by atoms with Crippen molar-refractivity contribution in [2.75, 3.05) is 24.2 Å². The van der Waals surface area contributed by atoms with E-state index in [0.29, 0.717) is 23.7 Å². The van der Waals surface area contributed by atoms with Gasteiger partial charge in [-0.25, -0.2) is 0 Å². The number of hydrogen-bond donors (Lipinski definition) is 1. The van der Waals surface area contributed by atoms with Crippen molar-refractivity contribution < 1.29 is 9.59 Å². The summed E-state index contributed by atoms with van der Waals surface area (Å²) in [5.41, 5.74) is 0.714. The summed E-state index contributed by atoms with van der Waals surface area (Å²) < 4.78 is 0. The van der Waals surface area contributed by atoms with Gasteiger partial charge in [0.2, 0.25) is 5.91 Å². The maximum absolute atomic E-state index is 11.7. The van der Waals surface area contributed by atoms with E-state index in [9.17, 15) is 9.59 Å². The lowest BCUT2D eigenvalue weighted by Crippen LogP contribution is -2.27. The number of thioether (sulfide) groups is 1. The summed E-state index contributed by atoms with van der Waals surface area (Å²) in [5, 5.41) is 3.46. The molecule has 1 aliphatic heterocycles. The number of amides is 2. The summed E-state index contributed by atoms with van der Waals surface area (Å²) >= 11 is 7.06. The molecule has 0 bridgehead atoms. The van der Waals surface area contributed by atoms with Crippen LogP contribution in [0.5, 0.6) is 0 Å². The molecule has 96 valence electrons. The van der Waals surface area contributed by atoms with E-state index >= 15 is 0 Å². The first-order chi connectivity index (χ1) is 8.65. The normalized spacial score (nSPS) is 14.9. The summed E-state index contributed by atoms with van der Waals surface area (Å²) in [4.78, 5) is 24.7. The lowest BCUT2D eigenvalue weighted by Gasteiger charge is -2.13. The van der Waals surface area contributed by atoms with Crippen molar-refractivity contribution in [3.05, 3.63) is 29.3 Å². The molecular weight excluding hydrogens is 272 g/mol. The highest BCUT2D eigenvalue weighted by molar-refractivity contribution is 8.13. The molecule has 0 unspecified atom stereocenters. The third-order valence-corrected chi connectivity index (χ3v) is 3.73. The summed E-state index contributed by atoms with van der Waals surface area (Å²) in [6.07, 6.45) is 0.314. The molecule has 1 aromatic carbocycles. The van der Waals surface area contributed by atoms with Crippen molar-refractivity contribution in [1.29, 1.82) is 0 Å². The lowest BCUT2D eigenvalue weighted by atomic mass is 10.3. The molecule has 0 aliphatic carbocycles. The second-order valence-electron chi connectivity index (χ2n) is 3.91. The summed E-state index contributed by atoms with van der Waals surface area (Å²) in [5.74, 6) is 0.722. The molecule has 0 aromatic heterocycles. The van der Waals surface area contributed by atoms with Gasteiger partial charge in [-0.3, -0.25) is 9.59 Å². The van der Waals surface area contributed by atoms with Crippen LogP contribution in [-0.2, 0) is 4.79 Å². The van der Waals surface area contributed by atoms with Crippen LogP contribution in [0.4, 0.5) is 10.5 Å². The fourth-order valence-electron chi connectivity index (χ4n) is 1.62. The molecule has 2 rings (SSSR count). The molecule has 1 N–H and O–H groups in total. The second-order valence-corrected chi connectivity index (χ2v) is 5.39. The van der Waals surface area contributed by atoms with Crippen LogP contribution in [0.2, 0.25) is 5.02 Å². The minimum Gasteiger partial charge on any atom is -0.332 e. The Morgan fingerprint density at radius 1 is 1.39 bits per heavy atom. The molecule has 6 heteroatoms. The average molecular weight is 285 g/mol. The number of rotatable bonds is 4. The predicted octanol–water partition coefficient (Wildman–Crippen LogP) is 2.84. The van der Waals surface area contributed by atoms with Crippen molar-refractivity contribution in [3.8, 4) is 0 Å². The Kier molecular flexibility index (Phi) is 4.49. The molecule has 18 heavy (non-hydrogen) atoms. The first-order valence-electron chi connectivity index (χ1n) is 5.62. The predicted molar refractivity (Wildman–Crippen MR) is 74.1 cm³/mol. The van der Waals surface area contributed by atoms with Gasteiger partial charge in [-0.05, 0) is 24.3 Å². The smallest absolute Gasteiger partial charge is 0.281 e. The van der Waals surface area contributed by atoms with Crippen molar-refractivity contribution in [2.24, 2.45) is 0 Å². The zero-order chi connectivity index (χ0) is 13.0. The van der Waals surface area contributed by atoms with Crippen molar-refractivity contribution >= 4 is 40.2 Å². The van der Waals surface area contributed by atoms with E-state index in [1.807, 2.05) is 0 Å². The Balaban J connectivity index is 1.78. The quantitative estimate of drug-likeness (QED) is 0.925. The molecule has 0 saturated carbocycles. The summed E-state index contributed by atoms with van der Waals surface area (Å²) in [7, 11) is 0. The van der Waals surface area contributed by atoms with Gasteiger partial charge in [0, 0.05) is 36.0 Å². The number of benzene rings is 1. The van der Waals surface area contributed by atoms with Gasteiger partial charge in [-0.1, -0.05) is 23.4 Å². The zero-order valence-corrected chi connectivity index (χ0v) is 11.3. The average Bonchev–Trinajstić information content (AvgIpc) is 2.75. The van der Waals surface area contributed by atoms with E-state index in [-0.39, 0.29) is 11.1 Å². The Hall–Kier alpha value is -1.20. The van der Waals surface area contributed by atoms with Crippen LogP contribution < -0.4 is 5.32 Å². The van der Waals surface area contributed by atoms with Crippen molar-refractivity contribution in [3.63, 3.8) is 0 Å². The van der Waals surface area contributed by atoms with Crippen LogP contribution in [0, 0.1) is 0 Å². The number of carbonyl (C=O) groups is 2. The van der Waals surface area contributed by atoms with Gasteiger partial charge in [0.05, 0.1) is 0 Å². The molecule has 4 nitrogen and oxygen atoms in total. The van der Waals surface area contributed by atoms with E-state index < -0.39 is 0 Å². The van der Waals surface area contributed by atoms with Crippen LogP contribution in [0.25, 0.3) is 0 Å². The fraction of sp³-hybridized carbons (Fsp3) is 0.333. The van der Waals surface area contributed by atoms with Gasteiger partial charge in [0.15, 0.2) is 0 Å². The van der Waals surface area contributed by atoms with E-state index in [1.54, 1.807) is 29.2 Å². The Morgan fingerprint density at radius 2 is 2.11 bits per heavy atom. The number of nitrogens with one attached hydrogen (secondary N) is 1. The highest BCUT2D eigenvalue weighted by Crippen LogP contribution is 2.17. The Morgan fingerprint density at radius 3 is 2.72 bits per heavy atom. The molecule has 1 fully saturated rings. The molecule has 0 atom stereocenters. The van der Waals surface area contributed by atoms with Gasteiger partial charge >= 0.3 is 0 Å². The first kappa shape index (κ1) is 13.2. The SMILES string of the molecule is O=C(CCN1CCSC1=O)Nc1ccc(Cl)cc1. The molecule has 1 saturated heterocycles. The maximum atomic E-state index is 11.7. The van der Waals surface area contributed by atoms with E-state index in [1.165, 1.54) is 11.8 Å². The van der Waals surface area contributed by atoms with Gasteiger partial charge in [0.25, 0.3) is 5.24 Å². The largest absolute Gasteiger partial charge is 0.332 e. The van der Waals surface area contributed by atoms with E-state index in [4.69, 9.17) is 11.6 Å². The van der Waals surface area contributed by atoms with Crippen molar-refractivity contribution in [2.45, 2.75) is 6.42 Å². The fourth-order valence-corrected chi connectivity index (χ4v) is 2.60. The highest BCUT2D eigenvalue weighted by Gasteiger charge is 2.21. The van der Waals surface area contributed by atoms with Gasteiger partial charge in [-0.2, -0.15) is 0 Å². The topological polar surface area (TPSA) is 49.4 Å². The van der Waals surface area contributed by atoms with Gasteiger partial charge < -0.3 is 10.2 Å². The highest BCUT2D eigenvalue weighted by atomic mass is 35.5. The molecule has 0 spiro atoms. The molecular formula is C12H13ClN2O2S. The second kappa shape index (κ2) is 6.11. The third-order valence-electron chi connectivity index (χ3n) is 2.58. The minimum atomic E-state index is -0.0953. The Bertz CT molecular complexity index is 450. The number of anilines is 1. The number of carbonyl (C=O) groups excluding carboxylic acids is 2. The van der Waals surface area contributed by atoms with Crippen LogP contribution in [0.15, 0.2) is 24.3 Å². The molecule has 0 radical (unpaired) electrons. The standard InChI is InChI=1S/C12H13ClN2O2S/c13-9-1-3-10(4-2-9)14-11(16)5-6-15-7-8-18-12(15)17/h1-4H,5-8H2,(H,14,16). The minimum absolute atomic E-state index is 0.0642. The monoisotopic (exact) mass is 284 g/mol. The Labute approximate surface area is 115 Å². The molecule has 1 aliphatic rings. The van der Waals surface area contributed by atoms with Crippen LogP contribution in [0.3, 0.4) is 0 Å². The van der Waals surface area contributed by atoms with Crippen LogP contribution >= 0.6 is 23.4 Å². The van der Waals surface area contributed by atoms with E-state index in [2.05, 4.69) is 5.32 Å². The summed E-state index contributed by atoms with van der Waals surface area (Å²) in [6.45, 7) is 1.21. The van der Waals surface area contributed by atoms with Crippen molar-refractivity contribution in [1.82, 2.24) is 4.90 Å². The van der Waals surface area contributed by atoms with Gasteiger partial charge in [0.1, 0.15) is 0 Å². The number of hydrogen-bond acceptors (Lipinski definition) is 3. The van der Waals surface area contributed by atoms with Crippen LogP contribution in [0.1, 0.15) is 6.42 Å². The molecule has 1 aromatic rings. The lowest BCUT2D eigenvalue weighted by molar-refractivity contribution is -0.116. The van der Waals surface area contributed by atoms with Crippen LogP contribution in [-0.4, -0.2) is 34.9 Å². The number of nitrogens with zero attached hydrogens (tertiary/aromatic N) is 1. The maximum Gasteiger partial charge on any atom is 0.281 e. The number of halogens is 1.